The summed E-state index contributed by atoms with van der Waals surface area (Å²) in [4.78, 5) is 15.7. The molecule has 1 unspecified atom stereocenters. The summed E-state index contributed by atoms with van der Waals surface area (Å²) in [6.07, 6.45) is 3.84. The molecule has 1 atom stereocenters. The average Bonchev–Trinajstić information content (AvgIpc) is 2.83. The molecular weight excluding hydrogens is 351 g/mol. The van der Waals surface area contributed by atoms with Crippen LogP contribution in [0.15, 0.2) is 24.4 Å². The number of aryl methyl sites for hydroxylation is 2. The van der Waals surface area contributed by atoms with E-state index in [1.807, 2.05) is 29.9 Å². The number of carbonyl (C=O) groups is 1. The van der Waals surface area contributed by atoms with Gasteiger partial charge in [0.15, 0.2) is 0 Å². The molecule has 3 rings (SSSR count). The monoisotopic (exact) mass is 375 g/mol. The Balaban J connectivity index is 1.79. The Labute approximate surface area is 153 Å². The van der Waals surface area contributed by atoms with Gasteiger partial charge in [0.05, 0.1) is 29.0 Å². The summed E-state index contributed by atoms with van der Waals surface area (Å²) in [6.45, 7) is 4.63. The van der Waals surface area contributed by atoms with Crippen molar-refractivity contribution in [3.05, 3.63) is 41.5 Å². The number of fused-ring (bicyclic) bond motifs is 1. The molecule has 2 aromatic heterocycles. The van der Waals surface area contributed by atoms with Crippen LogP contribution in [0.1, 0.15) is 37.4 Å². The van der Waals surface area contributed by atoms with Crippen LogP contribution in [0.2, 0.25) is 0 Å². The van der Waals surface area contributed by atoms with Crippen LogP contribution in [0.4, 0.5) is 0 Å². The van der Waals surface area contributed by atoms with E-state index in [1.165, 1.54) is 0 Å². The third-order valence-corrected chi connectivity index (χ3v) is 6.41. The molecule has 0 aliphatic carbocycles. The Bertz CT molecular complexity index is 847. The molecule has 0 spiro atoms. The van der Waals surface area contributed by atoms with Crippen LogP contribution in [-0.4, -0.2) is 37.1 Å². The zero-order valence-corrected chi connectivity index (χ0v) is 16.2. The van der Waals surface area contributed by atoms with Crippen molar-refractivity contribution in [2.45, 2.75) is 39.7 Å². The molecule has 0 bridgehead atoms. The van der Waals surface area contributed by atoms with Crippen molar-refractivity contribution in [3.63, 3.8) is 0 Å². The smallest absolute Gasteiger partial charge is 0.476 e. The highest BCUT2D eigenvalue weighted by Crippen LogP contribution is 2.32. The SMILES string of the molecule is Cn1nc(CC(C)(C)C(=O)O)cc1CN1CCCc2ncccc2[P+]1=O. The Morgan fingerprint density at radius 1 is 1.42 bits per heavy atom. The van der Waals surface area contributed by atoms with Crippen LogP contribution in [-0.2, 0) is 35.8 Å². The van der Waals surface area contributed by atoms with E-state index in [0.717, 1.165) is 41.8 Å². The quantitative estimate of drug-likeness (QED) is 0.807. The van der Waals surface area contributed by atoms with Crippen molar-refractivity contribution in [1.29, 1.82) is 0 Å². The van der Waals surface area contributed by atoms with Gasteiger partial charge in [-0.25, -0.2) is 0 Å². The minimum atomic E-state index is -1.68. The largest absolute Gasteiger partial charge is 0.481 e. The van der Waals surface area contributed by atoms with Gasteiger partial charge in [0.2, 0.25) is 5.30 Å². The number of hydrogen-bond donors (Lipinski definition) is 1. The van der Waals surface area contributed by atoms with Crippen LogP contribution in [0.5, 0.6) is 0 Å². The Morgan fingerprint density at radius 3 is 2.92 bits per heavy atom. The molecule has 0 amide bonds. The van der Waals surface area contributed by atoms with E-state index >= 15 is 0 Å². The third-order valence-electron chi connectivity index (χ3n) is 4.73. The second-order valence-corrected chi connectivity index (χ2v) is 8.94. The van der Waals surface area contributed by atoms with E-state index in [9.17, 15) is 14.5 Å². The Morgan fingerprint density at radius 2 is 2.19 bits per heavy atom. The van der Waals surface area contributed by atoms with Gasteiger partial charge in [-0.05, 0) is 49.5 Å². The van der Waals surface area contributed by atoms with E-state index in [0.29, 0.717) is 13.0 Å². The van der Waals surface area contributed by atoms with Crippen molar-refractivity contribution >= 4 is 19.2 Å². The molecule has 8 heteroatoms. The normalized spacial score (nSPS) is 17.0. The highest BCUT2D eigenvalue weighted by molar-refractivity contribution is 7.51. The number of pyridine rings is 1. The molecular formula is C18H24N4O3P+. The molecule has 3 heterocycles. The molecule has 1 aliphatic rings. The number of carboxylic acids is 1. The summed E-state index contributed by atoms with van der Waals surface area (Å²) in [6, 6.07) is 5.64. The molecule has 138 valence electrons. The number of nitrogens with zero attached hydrogens (tertiary/aromatic N) is 4. The van der Waals surface area contributed by atoms with Gasteiger partial charge >= 0.3 is 13.9 Å². The number of rotatable bonds is 5. The van der Waals surface area contributed by atoms with Crippen LogP contribution in [0, 0.1) is 5.41 Å². The van der Waals surface area contributed by atoms with Gasteiger partial charge in [-0.3, -0.25) is 14.5 Å². The van der Waals surface area contributed by atoms with Gasteiger partial charge in [-0.15, -0.1) is 0 Å². The van der Waals surface area contributed by atoms with E-state index in [1.54, 1.807) is 24.7 Å². The van der Waals surface area contributed by atoms with E-state index < -0.39 is 19.3 Å². The first-order valence-corrected chi connectivity index (χ1v) is 9.90. The van der Waals surface area contributed by atoms with Crippen molar-refractivity contribution in [2.24, 2.45) is 12.5 Å². The predicted octanol–water partition coefficient (Wildman–Crippen LogP) is 2.28. The van der Waals surface area contributed by atoms with Gasteiger partial charge in [0.1, 0.15) is 0 Å². The fourth-order valence-electron chi connectivity index (χ4n) is 3.13. The van der Waals surface area contributed by atoms with Gasteiger partial charge in [0.25, 0.3) is 0 Å². The molecule has 0 aromatic carbocycles. The molecule has 7 nitrogen and oxygen atoms in total. The second-order valence-electron chi connectivity index (χ2n) is 7.35. The van der Waals surface area contributed by atoms with Gasteiger partial charge in [-0.1, -0.05) is 4.67 Å². The molecule has 0 fully saturated rings. The summed E-state index contributed by atoms with van der Waals surface area (Å²) in [5.74, 6) is -0.843. The topological polar surface area (TPSA) is 88.3 Å². The number of carboxylic acid groups (broad SMARTS) is 1. The average molecular weight is 375 g/mol. The maximum Gasteiger partial charge on any atom is 0.476 e. The van der Waals surface area contributed by atoms with Crippen molar-refractivity contribution in [2.75, 3.05) is 6.54 Å². The minimum absolute atomic E-state index is 0.356. The van der Waals surface area contributed by atoms with Crippen molar-refractivity contribution < 1.29 is 14.5 Å². The number of hydrogen-bond acceptors (Lipinski definition) is 4. The van der Waals surface area contributed by atoms with E-state index in [-0.39, 0.29) is 0 Å². The summed E-state index contributed by atoms with van der Waals surface area (Å²) in [7, 11) is 0.164. The molecule has 1 aliphatic heterocycles. The lowest BCUT2D eigenvalue weighted by Gasteiger charge is -2.16. The first kappa shape index (κ1) is 18.7. The van der Waals surface area contributed by atoms with Crippen LogP contribution in [0.25, 0.3) is 0 Å². The third kappa shape index (κ3) is 3.84. The lowest BCUT2D eigenvalue weighted by Crippen LogP contribution is -2.26. The maximum absolute atomic E-state index is 13.0. The van der Waals surface area contributed by atoms with E-state index in [2.05, 4.69) is 10.1 Å². The standard InChI is InChI=1S/C18H23N4O3P/c1-18(2,17(23)24)11-13-10-14(21(3)20-13)12-22-9-5-6-15-16(26(22)25)7-4-8-19-15/h4,7-8,10H,5-6,9,11-12H2,1-3H3/p+1. The predicted molar refractivity (Wildman–Crippen MR) is 98.5 cm³/mol. The van der Waals surface area contributed by atoms with Crippen LogP contribution >= 0.6 is 7.95 Å². The molecule has 26 heavy (non-hydrogen) atoms. The minimum Gasteiger partial charge on any atom is -0.481 e. The number of aliphatic carboxylic acids is 1. The zero-order valence-electron chi connectivity index (χ0n) is 15.3. The molecule has 2 aromatic rings. The van der Waals surface area contributed by atoms with Crippen LogP contribution < -0.4 is 5.30 Å². The van der Waals surface area contributed by atoms with E-state index in [4.69, 9.17) is 0 Å². The Hall–Kier alpha value is -2.11. The lowest BCUT2D eigenvalue weighted by atomic mass is 9.88. The van der Waals surface area contributed by atoms with Crippen molar-refractivity contribution in [1.82, 2.24) is 19.4 Å². The molecule has 0 saturated carbocycles. The van der Waals surface area contributed by atoms with Crippen LogP contribution in [0.3, 0.4) is 0 Å². The summed E-state index contributed by atoms with van der Waals surface area (Å²) >= 11 is 0. The lowest BCUT2D eigenvalue weighted by molar-refractivity contribution is -0.146. The Kier molecular flexibility index (Phi) is 5.21. The van der Waals surface area contributed by atoms with Crippen molar-refractivity contribution in [3.8, 4) is 0 Å². The van der Waals surface area contributed by atoms with Gasteiger partial charge < -0.3 is 5.11 Å². The fraction of sp³-hybridized carbons (Fsp3) is 0.500. The first-order valence-electron chi connectivity index (χ1n) is 8.69. The highest BCUT2D eigenvalue weighted by atomic mass is 31.1. The molecule has 0 saturated heterocycles. The maximum atomic E-state index is 13.0. The molecule has 1 N–H and O–H groups in total. The fourth-order valence-corrected chi connectivity index (χ4v) is 4.64. The molecule has 0 radical (unpaired) electrons. The summed E-state index contributed by atoms with van der Waals surface area (Å²) in [5.41, 5.74) is 1.72. The first-order chi connectivity index (χ1) is 12.3. The zero-order chi connectivity index (χ0) is 18.9. The van der Waals surface area contributed by atoms with Gasteiger partial charge in [0, 0.05) is 26.2 Å². The highest BCUT2D eigenvalue weighted by Gasteiger charge is 2.36. The summed E-state index contributed by atoms with van der Waals surface area (Å²) < 4.78 is 16.7. The number of aromatic nitrogens is 3. The second kappa shape index (κ2) is 7.25. The summed E-state index contributed by atoms with van der Waals surface area (Å²) in [5, 5.41) is 14.6. The van der Waals surface area contributed by atoms with Gasteiger partial charge in [-0.2, -0.15) is 5.10 Å².